The van der Waals surface area contributed by atoms with Gasteiger partial charge in [-0.15, -0.1) is 0 Å². The molecule has 7 heteroatoms. The van der Waals surface area contributed by atoms with Crippen molar-refractivity contribution in [3.63, 3.8) is 0 Å². The molecule has 0 atom stereocenters. The summed E-state index contributed by atoms with van der Waals surface area (Å²) in [5.74, 6) is 1.12. The van der Waals surface area contributed by atoms with E-state index in [0.717, 1.165) is 25.9 Å². The van der Waals surface area contributed by atoms with Gasteiger partial charge in [0, 0.05) is 12.4 Å². The largest absolute Gasteiger partial charge is 0.347 e. The first-order chi connectivity index (χ1) is 8.16. The maximum absolute atomic E-state index is 11.8. The van der Waals surface area contributed by atoms with E-state index in [2.05, 4.69) is 20.0 Å². The van der Waals surface area contributed by atoms with Gasteiger partial charge in [-0.25, -0.2) is 18.1 Å². The highest BCUT2D eigenvalue weighted by molar-refractivity contribution is 7.89. The maximum atomic E-state index is 11.8. The maximum Gasteiger partial charge on any atom is 0.212 e. The fraction of sp³-hybridized carbons (Fsp3) is 0.700. The standard InChI is InChI=1S/C10H18N4O2S/c15-17(16,8-9-1-3-11-4-2-9)14-7-10-12-5-6-13-10/h5-6,9,11,14H,1-4,7-8H2,(H,12,13). The molecule has 0 spiro atoms. The Kier molecular flexibility index (Phi) is 4.14. The van der Waals surface area contributed by atoms with Crippen molar-refractivity contribution in [2.75, 3.05) is 18.8 Å². The van der Waals surface area contributed by atoms with Gasteiger partial charge in [0.2, 0.25) is 10.0 Å². The van der Waals surface area contributed by atoms with Gasteiger partial charge in [-0.3, -0.25) is 0 Å². The number of rotatable bonds is 5. The Hall–Kier alpha value is -0.920. The molecule has 0 radical (unpaired) electrons. The minimum Gasteiger partial charge on any atom is -0.347 e. The third-order valence-corrected chi connectivity index (χ3v) is 4.42. The van der Waals surface area contributed by atoms with Crippen molar-refractivity contribution in [3.05, 3.63) is 18.2 Å². The van der Waals surface area contributed by atoms with Gasteiger partial charge in [-0.05, 0) is 31.8 Å². The van der Waals surface area contributed by atoms with Crippen LogP contribution in [-0.4, -0.2) is 37.2 Å². The molecule has 1 saturated heterocycles. The third-order valence-electron chi connectivity index (χ3n) is 2.93. The van der Waals surface area contributed by atoms with Crippen molar-refractivity contribution in [1.29, 1.82) is 0 Å². The van der Waals surface area contributed by atoms with Crippen molar-refractivity contribution in [2.45, 2.75) is 19.4 Å². The average molecular weight is 258 g/mol. The number of aromatic amines is 1. The molecule has 2 heterocycles. The minimum absolute atomic E-state index is 0.218. The summed E-state index contributed by atoms with van der Waals surface area (Å²) in [6, 6.07) is 0. The highest BCUT2D eigenvalue weighted by Gasteiger charge is 2.20. The Morgan fingerprint density at radius 2 is 2.18 bits per heavy atom. The summed E-state index contributed by atoms with van der Waals surface area (Å²) >= 11 is 0. The fourth-order valence-electron chi connectivity index (χ4n) is 1.99. The molecule has 17 heavy (non-hydrogen) atoms. The molecule has 0 aliphatic carbocycles. The van der Waals surface area contributed by atoms with Crippen LogP contribution in [0.4, 0.5) is 0 Å². The molecular weight excluding hydrogens is 240 g/mol. The summed E-state index contributed by atoms with van der Waals surface area (Å²) in [5.41, 5.74) is 0. The van der Waals surface area contributed by atoms with Gasteiger partial charge >= 0.3 is 0 Å². The quantitative estimate of drug-likeness (QED) is 0.684. The normalized spacial score (nSPS) is 18.4. The van der Waals surface area contributed by atoms with E-state index in [1.807, 2.05) is 0 Å². The number of H-pyrrole nitrogens is 1. The Bertz CT molecular complexity index is 423. The van der Waals surface area contributed by atoms with Crippen LogP contribution in [0.25, 0.3) is 0 Å². The second-order valence-electron chi connectivity index (χ2n) is 4.33. The van der Waals surface area contributed by atoms with Crippen LogP contribution in [0.2, 0.25) is 0 Å². The highest BCUT2D eigenvalue weighted by Crippen LogP contribution is 2.13. The summed E-state index contributed by atoms with van der Waals surface area (Å²) in [6.07, 6.45) is 5.15. The van der Waals surface area contributed by atoms with Gasteiger partial charge in [0.15, 0.2) is 0 Å². The van der Waals surface area contributed by atoms with Crippen LogP contribution in [0, 0.1) is 5.92 Å². The monoisotopic (exact) mass is 258 g/mol. The van der Waals surface area contributed by atoms with E-state index in [1.54, 1.807) is 12.4 Å². The summed E-state index contributed by atoms with van der Waals surface area (Å²) in [6.45, 7) is 2.07. The highest BCUT2D eigenvalue weighted by atomic mass is 32.2. The van der Waals surface area contributed by atoms with E-state index >= 15 is 0 Å². The lowest BCUT2D eigenvalue weighted by Crippen LogP contribution is -2.35. The molecule has 6 nitrogen and oxygen atoms in total. The zero-order valence-electron chi connectivity index (χ0n) is 9.65. The van der Waals surface area contributed by atoms with Crippen LogP contribution in [0.15, 0.2) is 12.4 Å². The molecule has 0 amide bonds. The molecule has 1 aromatic rings. The SMILES string of the molecule is O=S(=O)(CC1CCNCC1)NCc1ncc[nH]1. The van der Waals surface area contributed by atoms with Gasteiger partial charge < -0.3 is 10.3 Å². The number of piperidine rings is 1. The van der Waals surface area contributed by atoms with Crippen molar-refractivity contribution in [1.82, 2.24) is 20.0 Å². The van der Waals surface area contributed by atoms with Crippen molar-refractivity contribution < 1.29 is 8.42 Å². The van der Waals surface area contributed by atoms with Crippen LogP contribution in [0.3, 0.4) is 0 Å². The van der Waals surface area contributed by atoms with Crippen LogP contribution in [0.1, 0.15) is 18.7 Å². The number of hydrogen-bond donors (Lipinski definition) is 3. The van der Waals surface area contributed by atoms with E-state index in [9.17, 15) is 8.42 Å². The Morgan fingerprint density at radius 3 is 2.82 bits per heavy atom. The molecular formula is C10H18N4O2S. The number of sulfonamides is 1. The number of aromatic nitrogens is 2. The third kappa shape index (κ3) is 4.10. The lowest BCUT2D eigenvalue weighted by Gasteiger charge is -2.22. The van der Waals surface area contributed by atoms with Gasteiger partial charge in [0.1, 0.15) is 5.82 Å². The molecule has 0 unspecified atom stereocenters. The molecule has 0 bridgehead atoms. The summed E-state index contributed by atoms with van der Waals surface area (Å²) in [4.78, 5) is 6.84. The molecule has 0 saturated carbocycles. The molecule has 1 aromatic heterocycles. The molecule has 0 aromatic carbocycles. The van der Waals surface area contributed by atoms with Crippen molar-refractivity contribution >= 4 is 10.0 Å². The van der Waals surface area contributed by atoms with Gasteiger partial charge in [-0.2, -0.15) is 0 Å². The number of hydrogen-bond acceptors (Lipinski definition) is 4. The molecule has 96 valence electrons. The first kappa shape index (κ1) is 12.5. The average Bonchev–Trinajstić information content (AvgIpc) is 2.80. The second kappa shape index (κ2) is 5.61. The topological polar surface area (TPSA) is 86.9 Å². The van der Waals surface area contributed by atoms with E-state index in [4.69, 9.17) is 0 Å². The first-order valence-corrected chi connectivity index (χ1v) is 7.47. The van der Waals surface area contributed by atoms with Crippen LogP contribution < -0.4 is 10.0 Å². The van der Waals surface area contributed by atoms with Gasteiger partial charge in [-0.1, -0.05) is 0 Å². The predicted octanol–water partition coefficient (Wildman–Crippen LogP) is -0.171. The smallest absolute Gasteiger partial charge is 0.212 e. The number of nitrogens with one attached hydrogen (secondary N) is 3. The summed E-state index contributed by atoms with van der Waals surface area (Å²) in [7, 11) is -3.20. The van der Waals surface area contributed by atoms with Gasteiger partial charge in [0.05, 0.1) is 12.3 Å². The molecule has 1 fully saturated rings. The predicted molar refractivity (Wildman–Crippen MR) is 64.8 cm³/mol. The van der Waals surface area contributed by atoms with Crippen LogP contribution in [-0.2, 0) is 16.6 Å². The van der Waals surface area contributed by atoms with Gasteiger partial charge in [0.25, 0.3) is 0 Å². The number of imidazole rings is 1. The second-order valence-corrected chi connectivity index (χ2v) is 6.18. The Morgan fingerprint density at radius 1 is 1.41 bits per heavy atom. The molecule has 1 aliphatic heterocycles. The Balaban J connectivity index is 1.81. The minimum atomic E-state index is -3.20. The zero-order chi connectivity index (χ0) is 12.1. The lowest BCUT2D eigenvalue weighted by atomic mass is 10.0. The van der Waals surface area contributed by atoms with Crippen molar-refractivity contribution in [2.24, 2.45) is 5.92 Å². The molecule has 3 N–H and O–H groups in total. The first-order valence-electron chi connectivity index (χ1n) is 5.82. The summed E-state index contributed by atoms with van der Waals surface area (Å²) < 4.78 is 26.2. The summed E-state index contributed by atoms with van der Waals surface area (Å²) in [5, 5.41) is 3.22. The van der Waals surface area contributed by atoms with E-state index in [1.165, 1.54) is 0 Å². The van der Waals surface area contributed by atoms with E-state index in [-0.39, 0.29) is 18.2 Å². The molecule has 2 rings (SSSR count). The zero-order valence-corrected chi connectivity index (χ0v) is 10.5. The van der Waals surface area contributed by atoms with E-state index < -0.39 is 10.0 Å². The lowest BCUT2D eigenvalue weighted by molar-refractivity contribution is 0.400. The fourth-order valence-corrected chi connectivity index (χ4v) is 3.42. The number of nitrogens with zero attached hydrogens (tertiary/aromatic N) is 1. The van der Waals surface area contributed by atoms with Crippen LogP contribution in [0.5, 0.6) is 0 Å². The Labute approximate surface area is 101 Å². The van der Waals surface area contributed by atoms with Crippen LogP contribution >= 0.6 is 0 Å². The van der Waals surface area contributed by atoms with E-state index in [0.29, 0.717) is 5.82 Å². The van der Waals surface area contributed by atoms with Crippen molar-refractivity contribution in [3.8, 4) is 0 Å². The molecule has 1 aliphatic rings.